The second-order valence-electron chi connectivity index (χ2n) is 5.71. The number of amides is 2. The van der Waals surface area contributed by atoms with Crippen molar-refractivity contribution in [1.82, 2.24) is 5.32 Å². The molecule has 1 fully saturated rings. The Hall–Kier alpha value is -2.42. The second kappa shape index (κ2) is 8.30. The van der Waals surface area contributed by atoms with Gasteiger partial charge in [0.15, 0.2) is 5.11 Å². The molecule has 0 radical (unpaired) electrons. The van der Waals surface area contributed by atoms with Gasteiger partial charge in [-0.3, -0.25) is 19.8 Å². The van der Waals surface area contributed by atoms with Gasteiger partial charge in [-0.15, -0.1) is 0 Å². The van der Waals surface area contributed by atoms with Crippen molar-refractivity contribution in [2.75, 3.05) is 11.5 Å². The summed E-state index contributed by atoms with van der Waals surface area (Å²) in [6.45, 7) is 2.38. The van der Waals surface area contributed by atoms with Gasteiger partial charge in [0.2, 0.25) is 0 Å². The van der Waals surface area contributed by atoms with Gasteiger partial charge in [0.25, 0.3) is 11.8 Å². The molecule has 2 amide bonds. The summed E-state index contributed by atoms with van der Waals surface area (Å²) in [5.41, 5.74) is 0.505. The maximum absolute atomic E-state index is 13.0. The van der Waals surface area contributed by atoms with Crippen molar-refractivity contribution < 1.29 is 19.4 Å². The van der Waals surface area contributed by atoms with E-state index in [-0.39, 0.29) is 22.0 Å². The van der Waals surface area contributed by atoms with Gasteiger partial charge in [-0.1, -0.05) is 11.6 Å². The Labute approximate surface area is 179 Å². The third kappa shape index (κ3) is 4.04. The lowest BCUT2D eigenvalue weighted by molar-refractivity contribution is -0.122. The number of anilines is 1. The molecule has 9 heteroatoms. The molecule has 0 bridgehead atoms. The number of rotatable bonds is 4. The van der Waals surface area contributed by atoms with Crippen LogP contribution in [-0.4, -0.2) is 28.6 Å². The number of phenolic OH excluding ortho intramolecular Hbond substituents is 1. The van der Waals surface area contributed by atoms with E-state index in [1.54, 1.807) is 24.3 Å². The zero-order valence-corrected chi connectivity index (χ0v) is 17.7. The normalized spacial score (nSPS) is 15.8. The van der Waals surface area contributed by atoms with Crippen molar-refractivity contribution >= 4 is 68.4 Å². The van der Waals surface area contributed by atoms with Gasteiger partial charge in [0.1, 0.15) is 17.1 Å². The summed E-state index contributed by atoms with van der Waals surface area (Å²) in [6.07, 6.45) is 1.27. The quantitative estimate of drug-likeness (QED) is 0.391. The number of carbonyl (C=O) groups excluding carboxylic acids is 2. The molecule has 2 aromatic rings. The molecular formula is C19H14BrClN2O4S. The lowest BCUT2D eigenvalue weighted by atomic mass is 10.1. The first-order chi connectivity index (χ1) is 13.3. The molecule has 0 saturated carbocycles. The van der Waals surface area contributed by atoms with Crippen LogP contribution in [-0.2, 0) is 9.59 Å². The van der Waals surface area contributed by atoms with Crippen molar-refractivity contribution in [2.24, 2.45) is 0 Å². The highest BCUT2D eigenvalue weighted by atomic mass is 79.9. The molecule has 3 rings (SSSR count). The van der Waals surface area contributed by atoms with Crippen LogP contribution in [0.3, 0.4) is 0 Å². The van der Waals surface area contributed by atoms with Crippen LogP contribution in [0.4, 0.5) is 5.69 Å². The Balaban J connectivity index is 2.01. The molecular weight excluding hydrogens is 468 g/mol. The zero-order valence-electron chi connectivity index (χ0n) is 14.5. The molecule has 1 aliphatic heterocycles. The Morgan fingerprint density at radius 2 is 1.96 bits per heavy atom. The average Bonchev–Trinajstić information content (AvgIpc) is 2.64. The smallest absolute Gasteiger partial charge is 0.270 e. The van der Waals surface area contributed by atoms with Crippen LogP contribution >= 0.6 is 39.7 Å². The summed E-state index contributed by atoms with van der Waals surface area (Å²) in [5.74, 6) is -0.769. The fraction of sp³-hybridized carbons (Fsp3) is 0.105. The fourth-order valence-electron chi connectivity index (χ4n) is 2.60. The van der Waals surface area contributed by atoms with Crippen molar-refractivity contribution in [3.63, 3.8) is 0 Å². The van der Waals surface area contributed by atoms with Gasteiger partial charge in [-0.25, -0.2) is 0 Å². The Morgan fingerprint density at radius 3 is 2.61 bits per heavy atom. The van der Waals surface area contributed by atoms with E-state index in [0.29, 0.717) is 27.5 Å². The average molecular weight is 482 g/mol. The van der Waals surface area contributed by atoms with E-state index in [9.17, 15) is 14.7 Å². The summed E-state index contributed by atoms with van der Waals surface area (Å²) in [6, 6.07) is 9.69. The lowest BCUT2D eigenvalue weighted by Gasteiger charge is -2.29. The highest BCUT2D eigenvalue weighted by molar-refractivity contribution is 9.10. The molecule has 1 aliphatic rings. The number of nitrogens with zero attached hydrogens (tertiary/aromatic N) is 1. The minimum absolute atomic E-state index is 0.0344. The molecule has 2 N–H and O–H groups in total. The van der Waals surface area contributed by atoms with Crippen molar-refractivity contribution in [1.29, 1.82) is 0 Å². The predicted octanol–water partition coefficient (Wildman–Crippen LogP) is 4.04. The van der Waals surface area contributed by atoms with Crippen LogP contribution in [0.2, 0.25) is 5.02 Å². The molecule has 0 aliphatic carbocycles. The van der Waals surface area contributed by atoms with Gasteiger partial charge in [0, 0.05) is 10.6 Å². The van der Waals surface area contributed by atoms with Crippen LogP contribution in [0.15, 0.2) is 46.4 Å². The largest absolute Gasteiger partial charge is 0.506 e. The SMILES string of the molecule is CCOc1ccc(N2C(=O)/C(=C/c3cc(Cl)cc(Br)c3O)C(=O)NC2=S)cc1. The summed E-state index contributed by atoms with van der Waals surface area (Å²) >= 11 is 14.3. The third-order valence-electron chi connectivity index (χ3n) is 3.87. The molecule has 1 heterocycles. The number of phenols is 1. The number of hydrogen-bond acceptors (Lipinski definition) is 5. The predicted molar refractivity (Wildman–Crippen MR) is 115 cm³/mol. The highest BCUT2D eigenvalue weighted by Crippen LogP contribution is 2.33. The second-order valence-corrected chi connectivity index (χ2v) is 7.39. The van der Waals surface area contributed by atoms with Crippen LogP contribution < -0.4 is 15.0 Å². The van der Waals surface area contributed by atoms with Crippen LogP contribution in [0.25, 0.3) is 6.08 Å². The number of benzene rings is 2. The minimum Gasteiger partial charge on any atom is -0.506 e. The third-order valence-corrected chi connectivity index (χ3v) is 4.97. The summed E-state index contributed by atoms with van der Waals surface area (Å²) in [7, 11) is 0. The Morgan fingerprint density at radius 1 is 1.29 bits per heavy atom. The van der Waals surface area contributed by atoms with Gasteiger partial charge in [-0.05, 0) is 77.5 Å². The molecule has 144 valence electrons. The molecule has 28 heavy (non-hydrogen) atoms. The van der Waals surface area contributed by atoms with E-state index >= 15 is 0 Å². The number of carbonyl (C=O) groups is 2. The van der Waals surface area contributed by atoms with Gasteiger partial charge >= 0.3 is 0 Å². The van der Waals surface area contributed by atoms with Crippen LogP contribution in [0, 0.1) is 0 Å². The number of ether oxygens (including phenoxy) is 1. The first kappa shape index (κ1) is 20.3. The first-order valence-corrected chi connectivity index (χ1v) is 9.72. The summed E-state index contributed by atoms with van der Waals surface area (Å²) in [5, 5.41) is 13.0. The minimum atomic E-state index is -0.660. The van der Waals surface area contributed by atoms with E-state index < -0.39 is 11.8 Å². The number of thiocarbonyl (C=S) groups is 1. The zero-order chi connectivity index (χ0) is 20.4. The highest BCUT2D eigenvalue weighted by Gasteiger charge is 2.34. The molecule has 0 aromatic heterocycles. The summed E-state index contributed by atoms with van der Waals surface area (Å²) < 4.78 is 5.73. The maximum Gasteiger partial charge on any atom is 0.270 e. The monoisotopic (exact) mass is 480 g/mol. The van der Waals surface area contributed by atoms with E-state index in [4.69, 9.17) is 28.6 Å². The van der Waals surface area contributed by atoms with Gasteiger partial charge < -0.3 is 9.84 Å². The van der Waals surface area contributed by atoms with Crippen molar-refractivity contribution in [3.8, 4) is 11.5 Å². The molecule has 0 unspecified atom stereocenters. The number of halogens is 2. The number of aromatic hydroxyl groups is 1. The van der Waals surface area contributed by atoms with Crippen molar-refractivity contribution in [3.05, 3.63) is 57.0 Å². The summed E-state index contributed by atoms with van der Waals surface area (Å²) in [4.78, 5) is 26.6. The maximum atomic E-state index is 13.0. The van der Waals surface area contributed by atoms with E-state index in [2.05, 4.69) is 21.2 Å². The number of nitrogens with one attached hydrogen (secondary N) is 1. The Kier molecular flexibility index (Phi) is 6.02. The molecule has 6 nitrogen and oxygen atoms in total. The lowest BCUT2D eigenvalue weighted by Crippen LogP contribution is -2.54. The standard InChI is InChI=1S/C19H14BrClN2O4S/c1-2-27-13-5-3-12(4-6-13)23-18(26)14(17(25)22-19(23)28)8-10-7-11(21)9-15(20)16(10)24/h3-9,24H,2H2,1H3,(H,22,25,28)/b14-8+. The van der Waals surface area contributed by atoms with Crippen LogP contribution in [0.1, 0.15) is 12.5 Å². The van der Waals surface area contributed by atoms with E-state index in [1.165, 1.54) is 23.1 Å². The molecule has 2 aromatic carbocycles. The molecule has 0 atom stereocenters. The van der Waals surface area contributed by atoms with Gasteiger partial charge in [0.05, 0.1) is 16.8 Å². The molecule has 1 saturated heterocycles. The topological polar surface area (TPSA) is 78.9 Å². The van der Waals surface area contributed by atoms with Crippen LogP contribution in [0.5, 0.6) is 11.5 Å². The number of hydrogen-bond donors (Lipinski definition) is 2. The molecule has 0 spiro atoms. The van der Waals surface area contributed by atoms with E-state index in [0.717, 1.165) is 0 Å². The Bertz CT molecular complexity index is 1010. The van der Waals surface area contributed by atoms with Gasteiger partial charge in [-0.2, -0.15) is 0 Å². The van der Waals surface area contributed by atoms with Crippen molar-refractivity contribution in [2.45, 2.75) is 6.92 Å². The fourth-order valence-corrected chi connectivity index (χ4v) is 3.72. The first-order valence-electron chi connectivity index (χ1n) is 8.14. The van der Waals surface area contributed by atoms with E-state index in [1.807, 2.05) is 6.92 Å².